The summed E-state index contributed by atoms with van der Waals surface area (Å²) in [4.78, 5) is 39.5. The minimum absolute atomic E-state index is 0.128. The van der Waals surface area contributed by atoms with Crippen LogP contribution in [0, 0.1) is 0 Å². The predicted molar refractivity (Wildman–Crippen MR) is 133 cm³/mol. The van der Waals surface area contributed by atoms with E-state index in [4.69, 9.17) is 9.47 Å². The Bertz CT molecular complexity index is 1740. The zero-order chi connectivity index (χ0) is 24.6. The molecule has 10 heteroatoms. The van der Waals surface area contributed by atoms with E-state index >= 15 is 0 Å². The topological polar surface area (TPSA) is 109 Å². The van der Waals surface area contributed by atoms with Gasteiger partial charge in [-0.25, -0.2) is 13.9 Å². The van der Waals surface area contributed by atoms with E-state index in [2.05, 4.69) is 10.4 Å². The number of aryl methyl sites for hydroxylation is 2. The molecule has 0 fully saturated rings. The molecule has 0 saturated heterocycles. The molecule has 0 bridgehead atoms. The van der Waals surface area contributed by atoms with Gasteiger partial charge in [-0.15, -0.1) is 5.10 Å². The maximum Gasteiger partial charge on any atom is 0.352 e. The van der Waals surface area contributed by atoms with Crippen LogP contribution in [0.3, 0.4) is 0 Å². The van der Waals surface area contributed by atoms with Crippen LogP contribution < -0.4 is 26.0 Å². The van der Waals surface area contributed by atoms with E-state index in [-0.39, 0.29) is 24.7 Å². The first-order valence-corrected chi connectivity index (χ1v) is 11.4. The van der Waals surface area contributed by atoms with E-state index in [9.17, 15) is 14.4 Å². The first-order chi connectivity index (χ1) is 17.6. The van der Waals surface area contributed by atoms with Gasteiger partial charge in [0, 0.05) is 18.3 Å². The van der Waals surface area contributed by atoms with E-state index in [1.807, 2.05) is 30.3 Å². The van der Waals surface area contributed by atoms with Crippen LogP contribution in [0.25, 0.3) is 16.7 Å². The molecule has 0 atom stereocenters. The van der Waals surface area contributed by atoms with Crippen molar-refractivity contribution in [3.63, 3.8) is 0 Å². The van der Waals surface area contributed by atoms with Crippen molar-refractivity contribution >= 4 is 28.3 Å². The van der Waals surface area contributed by atoms with Crippen molar-refractivity contribution in [2.45, 2.75) is 19.5 Å². The van der Waals surface area contributed by atoms with Crippen molar-refractivity contribution in [1.29, 1.82) is 0 Å². The number of para-hydroxylation sites is 1. The smallest absolute Gasteiger partial charge is 0.352 e. The average Bonchev–Trinajstić information content (AvgIpc) is 3.49. The SMILES string of the molecule is O=C(Cn1nc2n(CCc3ccccc3)c(=O)c3ccccc3n2c1=O)Nc1ccc2c(c1)OCO2. The quantitative estimate of drug-likeness (QED) is 0.397. The molecule has 3 heterocycles. The highest BCUT2D eigenvalue weighted by molar-refractivity contribution is 5.91. The van der Waals surface area contributed by atoms with Gasteiger partial charge in [0.2, 0.25) is 18.5 Å². The van der Waals surface area contributed by atoms with Crippen LogP contribution in [-0.2, 0) is 24.3 Å². The second kappa shape index (κ2) is 8.73. The molecule has 0 unspecified atom stereocenters. The molecule has 5 aromatic rings. The standard InChI is InChI=1S/C26H21N5O5/c32-23(27-18-10-11-21-22(14-18)36-16-35-21)15-30-26(34)31-20-9-5-4-8-19(20)24(33)29(25(31)28-30)13-12-17-6-2-1-3-7-17/h1-11,14H,12-13,15-16H2,(H,27,32). The molecular weight excluding hydrogens is 462 g/mol. The number of carbonyl (C=O) groups is 1. The monoisotopic (exact) mass is 483 g/mol. The summed E-state index contributed by atoms with van der Waals surface area (Å²) in [5, 5.41) is 7.56. The number of amides is 1. The number of benzene rings is 3. The van der Waals surface area contributed by atoms with Gasteiger partial charge in [-0.3, -0.25) is 14.2 Å². The van der Waals surface area contributed by atoms with Crippen LogP contribution in [0.2, 0.25) is 0 Å². The molecule has 36 heavy (non-hydrogen) atoms. The Morgan fingerprint density at radius 3 is 2.58 bits per heavy atom. The maximum absolute atomic E-state index is 13.4. The van der Waals surface area contributed by atoms with Gasteiger partial charge < -0.3 is 14.8 Å². The van der Waals surface area contributed by atoms with Crippen molar-refractivity contribution < 1.29 is 14.3 Å². The van der Waals surface area contributed by atoms with Gasteiger partial charge in [0.1, 0.15) is 6.54 Å². The van der Waals surface area contributed by atoms with Crippen LogP contribution in [0.4, 0.5) is 5.69 Å². The molecule has 1 amide bonds. The van der Waals surface area contributed by atoms with E-state index in [1.165, 1.54) is 8.97 Å². The fraction of sp³-hybridized carbons (Fsp3) is 0.154. The molecule has 10 nitrogen and oxygen atoms in total. The normalized spacial score (nSPS) is 12.3. The summed E-state index contributed by atoms with van der Waals surface area (Å²) in [6, 6.07) is 21.7. The van der Waals surface area contributed by atoms with Gasteiger partial charge in [-0.05, 0) is 36.2 Å². The van der Waals surface area contributed by atoms with Gasteiger partial charge in [0.05, 0.1) is 10.9 Å². The largest absolute Gasteiger partial charge is 0.454 e. The Morgan fingerprint density at radius 2 is 1.72 bits per heavy atom. The number of fused-ring (bicyclic) bond motifs is 4. The van der Waals surface area contributed by atoms with E-state index < -0.39 is 11.6 Å². The summed E-state index contributed by atoms with van der Waals surface area (Å²) < 4.78 is 14.6. The van der Waals surface area contributed by atoms with Crippen molar-refractivity contribution in [2.24, 2.45) is 0 Å². The molecule has 0 radical (unpaired) electrons. The summed E-state index contributed by atoms with van der Waals surface area (Å²) >= 11 is 0. The fourth-order valence-corrected chi connectivity index (χ4v) is 4.37. The zero-order valence-corrected chi connectivity index (χ0v) is 19.1. The van der Waals surface area contributed by atoms with Crippen molar-refractivity contribution in [1.82, 2.24) is 18.7 Å². The molecular formula is C26H21N5O5. The molecule has 0 spiro atoms. The van der Waals surface area contributed by atoms with Crippen LogP contribution in [0.5, 0.6) is 11.5 Å². The van der Waals surface area contributed by atoms with Crippen molar-refractivity contribution in [3.8, 4) is 11.5 Å². The third-order valence-corrected chi connectivity index (χ3v) is 6.10. The van der Waals surface area contributed by atoms with Gasteiger partial charge in [-0.2, -0.15) is 0 Å². The van der Waals surface area contributed by atoms with Crippen LogP contribution in [0.15, 0.2) is 82.4 Å². The summed E-state index contributed by atoms with van der Waals surface area (Å²) in [6.45, 7) is 0.135. The van der Waals surface area contributed by atoms with Crippen LogP contribution in [0.1, 0.15) is 5.56 Å². The lowest BCUT2D eigenvalue weighted by molar-refractivity contribution is -0.117. The Kier molecular flexibility index (Phi) is 5.25. The number of aromatic nitrogens is 4. The van der Waals surface area contributed by atoms with Crippen molar-refractivity contribution in [3.05, 3.63) is 99.2 Å². The highest BCUT2D eigenvalue weighted by Gasteiger charge is 2.19. The summed E-state index contributed by atoms with van der Waals surface area (Å²) in [5.41, 5.74) is 1.26. The molecule has 1 N–H and O–H groups in total. The second-order valence-corrected chi connectivity index (χ2v) is 8.40. The molecule has 6 rings (SSSR count). The number of nitrogens with one attached hydrogen (secondary N) is 1. The second-order valence-electron chi connectivity index (χ2n) is 8.40. The Balaban J connectivity index is 1.36. The van der Waals surface area contributed by atoms with Crippen LogP contribution in [-0.4, -0.2) is 31.4 Å². The number of anilines is 1. The highest BCUT2D eigenvalue weighted by Crippen LogP contribution is 2.34. The number of hydrogen-bond acceptors (Lipinski definition) is 6. The highest BCUT2D eigenvalue weighted by atomic mass is 16.7. The number of carbonyl (C=O) groups excluding carboxylic acids is 1. The average molecular weight is 483 g/mol. The van der Waals surface area contributed by atoms with Gasteiger partial charge in [-0.1, -0.05) is 42.5 Å². The van der Waals surface area contributed by atoms with E-state index in [0.29, 0.717) is 41.1 Å². The maximum atomic E-state index is 13.4. The predicted octanol–water partition coefficient (Wildman–Crippen LogP) is 2.42. The Labute approximate surface area is 203 Å². The molecule has 3 aromatic carbocycles. The minimum Gasteiger partial charge on any atom is -0.454 e. The van der Waals surface area contributed by atoms with Crippen molar-refractivity contribution in [2.75, 3.05) is 12.1 Å². The van der Waals surface area contributed by atoms with E-state index in [1.54, 1.807) is 42.5 Å². The molecule has 1 aliphatic rings. The zero-order valence-electron chi connectivity index (χ0n) is 19.1. The van der Waals surface area contributed by atoms with Gasteiger partial charge in [0.15, 0.2) is 11.5 Å². The first kappa shape index (κ1) is 21.7. The summed E-state index contributed by atoms with van der Waals surface area (Å²) in [6.07, 6.45) is 0.584. The van der Waals surface area contributed by atoms with Gasteiger partial charge >= 0.3 is 5.69 Å². The summed E-state index contributed by atoms with van der Waals surface area (Å²) in [5.74, 6) is 0.883. The van der Waals surface area contributed by atoms with Gasteiger partial charge in [0.25, 0.3) is 5.56 Å². The number of rotatable bonds is 6. The number of ether oxygens (including phenoxy) is 2. The molecule has 2 aromatic heterocycles. The molecule has 0 aliphatic carbocycles. The Morgan fingerprint density at radius 1 is 0.944 bits per heavy atom. The minimum atomic E-state index is -0.504. The third kappa shape index (κ3) is 3.78. The lowest BCUT2D eigenvalue weighted by Crippen LogP contribution is -2.29. The third-order valence-electron chi connectivity index (χ3n) is 6.10. The molecule has 0 saturated carbocycles. The Hall–Kier alpha value is -4.86. The van der Waals surface area contributed by atoms with Crippen LogP contribution >= 0.6 is 0 Å². The molecule has 1 aliphatic heterocycles. The lowest BCUT2D eigenvalue weighted by atomic mass is 10.1. The summed E-state index contributed by atoms with van der Waals surface area (Å²) in [7, 11) is 0. The number of nitrogens with zero attached hydrogens (tertiary/aromatic N) is 4. The first-order valence-electron chi connectivity index (χ1n) is 11.4. The lowest BCUT2D eigenvalue weighted by Gasteiger charge is -2.09. The number of hydrogen-bond donors (Lipinski definition) is 1. The fourth-order valence-electron chi connectivity index (χ4n) is 4.37. The molecule has 180 valence electrons. The van der Waals surface area contributed by atoms with E-state index in [0.717, 1.165) is 10.2 Å².